The fraction of sp³-hybridized carbons (Fsp3) is 0.0588. The fourth-order valence-corrected chi connectivity index (χ4v) is 3.72. The molecule has 0 aromatic heterocycles. The van der Waals surface area contributed by atoms with Crippen LogP contribution in [0.15, 0.2) is 81.7 Å². The number of allylic oxidation sites excluding steroid dienone is 8. The number of hydrogen-bond acceptors (Lipinski definition) is 1. The molecule has 1 heteroatoms. The summed E-state index contributed by atoms with van der Waals surface area (Å²) in [5, 5.41) is 0. The van der Waals surface area contributed by atoms with Gasteiger partial charge in [-0.2, -0.15) is 0 Å². The van der Waals surface area contributed by atoms with Crippen molar-refractivity contribution in [2.24, 2.45) is 5.92 Å². The summed E-state index contributed by atoms with van der Waals surface area (Å²) in [4.78, 5) is 2.75. The average Bonchev–Trinajstić information content (AvgIpc) is 2.45. The largest absolute Gasteiger partial charge is 0.0891 e. The van der Waals surface area contributed by atoms with E-state index in [-0.39, 0.29) is 0 Å². The van der Waals surface area contributed by atoms with E-state index in [9.17, 15) is 0 Å². The highest BCUT2D eigenvalue weighted by atomic mass is 32.2. The molecule has 0 saturated carbocycles. The van der Waals surface area contributed by atoms with Crippen LogP contribution >= 0.6 is 11.8 Å². The van der Waals surface area contributed by atoms with E-state index in [2.05, 4.69) is 66.8 Å². The normalized spacial score (nSPS) is 23.3. The van der Waals surface area contributed by atoms with Gasteiger partial charge in [0.1, 0.15) is 0 Å². The number of fused-ring (bicyclic) bond motifs is 4. The van der Waals surface area contributed by atoms with Crippen LogP contribution < -0.4 is 0 Å². The summed E-state index contributed by atoms with van der Waals surface area (Å²) in [5.41, 5.74) is 4.18. The standard InChI is InChI=1S/C17H12S/c1-3-7-14-12(5-1)9-10-17-15(14)11-13-6-2-4-8-16(13)18-17/h1-11,14H. The van der Waals surface area contributed by atoms with E-state index in [1.54, 1.807) is 0 Å². The van der Waals surface area contributed by atoms with Crippen molar-refractivity contribution in [2.75, 3.05) is 0 Å². The number of rotatable bonds is 0. The highest BCUT2D eigenvalue weighted by Gasteiger charge is 2.26. The minimum atomic E-state index is 0.441. The van der Waals surface area contributed by atoms with E-state index in [0.717, 1.165) is 0 Å². The topological polar surface area (TPSA) is 0 Å². The fourth-order valence-electron chi connectivity index (χ4n) is 2.65. The summed E-state index contributed by atoms with van der Waals surface area (Å²) in [6, 6.07) is 8.62. The van der Waals surface area contributed by atoms with Gasteiger partial charge in [-0.1, -0.05) is 60.3 Å². The molecule has 4 rings (SSSR count). The van der Waals surface area contributed by atoms with E-state index in [1.807, 2.05) is 11.8 Å². The van der Waals surface area contributed by atoms with E-state index in [4.69, 9.17) is 0 Å². The van der Waals surface area contributed by atoms with E-state index in [0.29, 0.717) is 5.92 Å². The van der Waals surface area contributed by atoms with Crippen LogP contribution in [-0.2, 0) is 0 Å². The van der Waals surface area contributed by atoms with Gasteiger partial charge in [0.05, 0.1) is 0 Å². The summed E-state index contributed by atoms with van der Waals surface area (Å²) in [6.45, 7) is 0. The van der Waals surface area contributed by atoms with Crippen molar-refractivity contribution < 1.29 is 0 Å². The summed E-state index contributed by atoms with van der Waals surface area (Å²) >= 11 is 1.89. The summed E-state index contributed by atoms with van der Waals surface area (Å²) in [6.07, 6.45) is 15.6. The van der Waals surface area contributed by atoms with Crippen LogP contribution in [0.3, 0.4) is 0 Å². The molecule has 18 heavy (non-hydrogen) atoms. The van der Waals surface area contributed by atoms with Crippen LogP contribution in [-0.4, -0.2) is 0 Å². The van der Waals surface area contributed by atoms with E-state index in [1.165, 1.54) is 26.5 Å². The minimum Gasteiger partial charge on any atom is -0.0891 e. The number of hydrogen-bond donors (Lipinski definition) is 0. The molecular weight excluding hydrogens is 236 g/mol. The van der Waals surface area contributed by atoms with E-state index >= 15 is 0 Å². The van der Waals surface area contributed by atoms with Gasteiger partial charge in [0.15, 0.2) is 0 Å². The third-order valence-electron chi connectivity index (χ3n) is 3.56. The van der Waals surface area contributed by atoms with Crippen molar-refractivity contribution in [3.63, 3.8) is 0 Å². The van der Waals surface area contributed by atoms with Crippen molar-refractivity contribution in [3.8, 4) is 0 Å². The molecule has 0 radical (unpaired) electrons. The molecule has 2 aliphatic carbocycles. The molecule has 1 atom stereocenters. The second kappa shape index (κ2) is 3.89. The first-order valence-corrected chi connectivity index (χ1v) is 6.99. The number of thioether (sulfide) groups is 1. The van der Waals surface area contributed by atoms with Crippen LogP contribution in [0.25, 0.3) is 6.08 Å². The van der Waals surface area contributed by atoms with Crippen LogP contribution in [0.1, 0.15) is 5.56 Å². The molecule has 1 aliphatic heterocycles. The third kappa shape index (κ3) is 1.48. The molecule has 1 aromatic rings. The van der Waals surface area contributed by atoms with Crippen LogP contribution in [0, 0.1) is 5.92 Å². The predicted octanol–water partition coefficient (Wildman–Crippen LogP) is 4.74. The van der Waals surface area contributed by atoms with Crippen molar-refractivity contribution in [3.05, 3.63) is 82.3 Å². The molecule has 0 spiro atoms. The zero-order valence-corrected chi connectivity index (χ0v) is 10.7. The Morgan fingerprint density at radius 3 is 2.94 bits per heavy atom. The van der Waals surface area contributed by atoms with Gasteiger partial charge in [0, 0.05) is 15.7 Å². The summed E-state index contributed by atoms with van der Waals surface area (Å²) in [7, 11) is 0. The van der Waals surface area contributed by atoms with Crippen molar-refractivity contribution in [1.82, 2.24) is 0 Å². The minimum absolute atomic E-state index is 0.441. The van der Waals surface area contributed by atoms with Gasteiger partial charge >= 0.3 is 0 Å². The maximum atomic E-state index is 2.35. The summed E-state index contributed by atoms with van der Waals surface area (Å²) < 4.78 is 0. The molecule has 0 N–H and O–H groups in total. The molecule has 0 bridgehead atoms. The van der Waals surface area contributed by atoms with Crippen LogP contribution in [0.2, 0.25) is 0 Å². The Morgan fingerprint density at radius 1 is 1.00 bits per heavy atom. The first-order chi connectivity index (χ1) is 8.92. The molecule has 0 saturated heterocycles. The monoisotopic (exact) mass is 248 g/mol. The Labute approximate surface area is 111 Å². The Bertz CT molecular complexity index is 669. The molecule has 1 heterocycles. The zero-order chi connectivity index (χ0) is 11.9. The third-order valence-corrected chi connectivity index (χ3v) is 4.74. The molecule has 0 fully saturated rings. The lowest BCUT2D eigenvalue weighted by Gasteiger charge is -2.29. The van der Waals surface area contributed by atoms with E-state index < -0.39 is 0 Å². The Morgan fingerprint density at radius 2 is 1.94 bits per heavy atom. The molecule has 86 valence electrons. The van der Waals surface area contributed by atoms with Gasteiger partial charge in [-0.25, -0.2) is 0 Å². The van der Waals surface area contributed by atoms with Gasteiger partial charge in [-0.3, -0.25) is 0 Å². The van der Waals surface area contributed by atoms with Gasteiger partial charge in [-0.05, 0) is 34.9 Å². The Hall–Kier alpha value is -1.73. The lowest BCUT2D eigenvalue weighted by atomic mass is 9.83. The molecule has 1 aromatic carbocycles. The second-order valence-corrected chi connectivity index (χ2v) is 5.74. The first-order valence-electron chi connectivity index (χ1n) is 6.17. The average molecular weight is 248 g/mol. The van der Waals surface area contributed by atoms with Gasteiger partial charge < -0.3 is 0 Å². The van der Waals surface area contributed by atoms with Gasteiger partial charge in [0.2, 0.25) is 0 Å². The smallest absolute Gasteiger partial charge is 0.0284 e. The summed E-state index contributed by atoms with van der Waals surface area (Å²) in [5.74, 6) is 0.441. The highest BCUT2D eigenvalue weighted by molar-refractivity contribution is 8.03. The zero-order valence-electron chi connectivity index (χ0n) is 9.84. The molecule has 3 aliphatic rings. The van der Waals surface area contributed by atoms with Crippen LogP contribution in [0.5, 0.6) is 0 Å². The van der Waals surface area contributed by atoms with Crippen LogP contribution in [0.4, 0.5) is 0 Å². The SMILES string of the molecule is C1=CC2=CC=C3Sc4ccccc4C=C3C2C=C1. The molecule has 0 amide bonds. The number of benzene rings is 1. The van der Waals surface area contributed by atoms with Crippen molar-refractivity contribution in [1.29, 1.82) is 0 Å². The molecule has 1 unspecified atom stereocenters. The van der Waals surface area contributed by atoms with Crippen molar-refractivity contribution in [2.45, 2.75) is 4.90 Å². The van der Waals surface area contributed by atoms with Gasteiger partial charge in [0.25, 0.3) is 0 Å². The second-order valence-electron chi connectivity index (χ2n) is 4.66. The first kappa shape index (κ1) is 10.2. The quantitative estimate of drug-likeness (QED) is 0.639. The maximum Gasteiger partial charge on any atom is 0.0284 e. The highest BCUT2D eigenvalue weighted by Crippen LogP contribution is 2.47. The Kier molecular flexibility index (Phi) is 2.21. The Balaban J connectivity index is 1.89. The molecule has 0 nitrogen and oxygen atoms in total. The van der Waals surface area contributed by atoms with Crippen molar-refractivity contribution >= 4 is 17.8 Å². The van der Waals surface area contributed by atoms with Gasteiger partial charge in [-0.15, -0.1) is 0 Å². The lowest BCUT2D eigenvalue weighted by Crippen LogP contribution is -2.12. The predicted molar refractivity (Wildman–Crippen MR) is 78.2 cm³/mol. The lowest BCUT2D eigenvalue weighted by molar-refractivity contribution is 0.932. The molecular formula is C17H12S. The maximum absolute atomic E-state index is 2.35.